The maximum Gasteiger partial charge on any atom is 0.223 e. The van der Waals surface area contributed by atoms with E-state index in [2.05, 4.69) is 17.0 Å². The number of likely N-dealkylation sites (tertiary alicyclic amines) is 1. The van der Waals surface area contributed by atoms with Crippen LogP contribution in [0.4, 0.5) is 0 Å². The monoisotopic (exact) mass is 248 g/mol. The number of nitrogens with zero attached hydrogens (tertiary/aromatic N) is 3. The molecule has 0 unspecified atom stereocenters. The number of amides is 1. The van der Waals surface area contributed by atoms with Crippen LogP contribution in [-0.2, 0) is 11.3 Å². The van der Waals surface area contributed by atoms with Crippen LogP contribution in [0, 0.1) is 0 Å². The van der Waals surface area contributed by atoms with Crippen LogP contribution in [0.1, 0.15) is 24.8 Å². The van der Waals surface area contributed by atoms with Crippen LogP contribution in [0.5, 0.6) is 0 Å². The Morgan fingerprint density at radius 1 is 1.50 bits per heavy atom. The minimum absolute atomic E-state index is 0.266. The maximum absolute atomic E-state index is 11.8. The third-order valence-corrected chi connectivity index (χ3v) is 3.15. The molecule has 0 aliphatic carbocycles. The van der Waals surface area contributed by atoms with Gasteiger partial charge in [0.25, 0.3) is 0 Å². The highest BCUT2D eigenvalue weighted by Gasteiger charge is 2.16. The predicted molar refractivity (Wildman–Crippen MR) is 70.8 cm³/mol. The maximum atomic E-state index is 11.8. The molecule has 0 saturated carbocycles. The number of nitrogens with one attached hydrogen (secondary N) is 1. The molecule has 2 heterocycles. The van der Waals surface area contributed by atoms with Gasteiger partial charge in [-0.2, -0.15) is 5.10 Å². The Labute approximate surface area is 107 Å². The van der Waals surface area contributed by atoms with Gasteiger partial charge in [0.15, 0.2) is 0 Å². The summed E-state index contributed by atoms with van der Waals surface area (Å²) in [6.45, 7) is 6.96. The van der Waals surface area contributed by atoms with Crippen LogP contribution < -0.4 is 5.32 Å². The Balaban J connectivity index is 1.63. The van der Waals surface area contributed by atoms with Gasteiger partial charge < -0.3 is 10.2 Å². The van der Waals surface area contributed by atoms with E-state index >= 15 is 0 Å². The smallest absolute Gasteiger partial charge is 0.223 e. The van der Waals surface area contributed by atoms with Gasteiger partial charge in [-0.05, 0) is 12.8 Å². The number of hydrogen-bond donors (Lipinski definition) is 1. The first kappa shape index (κ1) is 12.8. The van der Waals surface area contributed by atoms with Gasteiger partial charge >= 0.3 is 0 Å². The van der Waals surface area contributed by atoms with Gasteiger partial charge in [0.1, 0.15) is 0 Å². The molecule has 0 bridgehead atoms. The summed E-state index contributed by atoms with van der Waals surface area (Å²) in [5, 5.41) is 7.35. The number of rotatable bonds is 6. The lowest BCUT2D eigenvalue weighted by atomic mass is 10.3. The van der Waals surface area contributed by atoms with E-state index in [9.17, 15) is 4.79 Å². The van der Waals surface area contributed by atoms with Crippen molar-refractivity contribution in [1.82, 2.24) is 20.0 Å². The van der Waals surface area contributed by atoms with Crippen molar-refractivity contribution in [3.05, 3.63) is 24.5 Å². The summed E-state index contributed by atoms with van der Waals surface area (Å²) in [6, 6.07) is 0. The number of aromatic nitrogens is 2. The van der Waals surface area contributed by atoms with E-state index in [0.717, 1.165) is 38.0 Å². The van der Waals surface area contributed by atoms with E-state index in [-0.39, 0.29) is 5.91 Å². The van der Waals surface area contributed by atoms with E-state index in [0.29, 0.717) is 13.0 Å². The fraction of sp³-hybridized carbons (Fsp3) is 0.538. The molecule has 5 nitrogen and oxygen atoms in total. The second kappa shape index (κ2) is 6.35. The first-order valence-electron chi connectivity index (χ1n) is 6.43. The van der Waals surface area contributed by atoms with Crippen LogP contribution >= 0.6 is 0 Å². The third kappa shape index (κ3) is 3.43. The molecule has 1 aromatic rings. The molecule has 1 N–H and O–H groups in total. The van der Waals surface area contributed by atoms with Crippen molar-refractivity contribution in [3.63, 3.8) is 0 Å². The van der Waals surface area contributed by atoms with Gasteiger partial charge in [0.2, 0.25) is 5.91 Å². The molecule has 0 atom stereocenters. The van der Waals surface area contributed by atoms with Crippen LogP contribution in [0.2, 0.25) is 0 Å². The standard InChI is InChI=1S/C13H20N4O/c1-2-17-11-12(10-15-17)9-14-6-5-13(18)16-7-3-4-8-16/h2,10-11,14H,1,3-9H2. The van der Waals surface area contributed by atoms with Crippen LogP contribution in [0.25, 0.3) is 6.20 Å². The minimum atomic E-state index is 0.266. The van der Waals surface area contributed by atoms with E-state index < -0.39 is 0 Å². The zero-order valence-electron chi connectivity index (χ0n) is 10.6. The Hall–Kier alpha value is -1.62. The Morgan fingerprint density at radius 2 is 2.28 bits per heavy atom. The molecule has 5 heteroatoms. The topological polar surface area (TPSA) is 50.2 Å². The summed E-state index contributed by atoms with van der Waals surface area (Å²) in [6.07, 6.45) is 8.26. The highest BCUT2D eigenvalue weighted by molar-refractivity contribution is 5.76. The zero-order chi connectivity index (χ0) is 12.8. The molecule has 1 saturated heterocycles. The second-order valence-electron chi connectivity index (χ2n) is 4.53. The summed E-state index contributed by atoms with van der Waals surface area (Å²) in [5.41, 5.74) is 1.10. The average molecular weight is 248 g/mol. The molecule has 0 spiro atoms. The molecule has 1 aromatic heterocycles. The van der Waals surface area contributed by atoms with Gasteiger partial charge in [0.05, 0.1) is 6.20 Å². The van der Waals surface area contributed by atoms with Crippen molar-refractivity contribution in [2.24, 2.45) is 0 Å². The van der Waals surface area contributed by atoms with Gasteiger partial charge in [-0.1, -0.05) is 6.58 Å². The highest BCUT2D eigenvalue weighted by Crippen LogP contribution is 2.08. The zero-order valence-corrected chi connectivity index (χ0v) is 10.6. The summed E-state index contributed by atoms with van der Waals surface area (Å²) in [4.78, 5) is 13.7. The Kier molecular flexibility index (Phi) is 4.52. The van der Waals surface area contributed by atoms with Gasteiger partial charge in [0, 0.05) is 50.6 Å². The van der Waals surface area contributed by atoms with Crippen molar-refractivity contribution in [2.45, 2.75) is 25.8 Å². The average Bonchev–Trinajstić information content (AvgIpc) is 3.05. The van der Waals surface area contributed by atoms with Crippen molar-refractivity contribution in [3.8, 4) is 0 Å². The highest BCUT2D eigenvalue weighted by atomic mass is 16.2. The fourth-order valence-corrected chi connectivity index (χ4v) is 2.12. The fourth-order valence-electron chi connectivity index (χ4n) is 2.12. The number of carbonyl (C=O) groups is 1. The molecule has 18 heavy (non-hydrogen) atoms. The molecule has 98 valence electrons. The normalized spacial score (nSPS) is 15.0. The third-order valence-electron chi connectivity index (χ3n) is 3.15. The Bertz CT molecular complexity index is 407. The van der Waals surface area contributed by atoms with Crippen LogP contribution in [-0.4, -0.2) is 40.2 Å². The van der Waals surface area contributed by atoms with Crippen molar-refractivity contribution in [1.29, 1.82) is 0 Å². The minimum Gasteiger partial charge on any atom is -0.343 e. The Morgan fingerprint density at radius 3 is 2.94 bits per heavy atom. The molecule has 1 aliphatic rings. The van der Waals surface area contributed by atoms with E-state index in [4.69, 9.17) is 0 Å². The molecule has 1 amide bonds. The van der Waals surface area contributed by atoms with Gasteiger partial charge in [-0.3, -0.25) is 4.79 Å². The summed E-state index contributed by atoms with van der Waals surface area (Å²) >= 11 is 0. The second-order valence-corrected chi connectivity index (χ2v) is 4.53. The van der Waals surface area contributed by atoms with Crippen molar-refractivity contribution in [2.75, 3.05) is 19.6 Å². The van der Waals surface area contributed by atoms with Crippen LogP contribution in [0.15, 0.2) is 19.0 Å². The lowest BCUT2D eigenvalue weighted by Crippen LogP contribution is -2.30. The lowest BCUT2D eigenvalue weighted by molar-refractivity contribution is -0.130. The first-order chi connectivity index (χ1) is 8.79. The largest absolute Gasteiger partial charge is 0.343 e. The van der Waals surface area contributed by atoms with Crippen LogP contribution in [0.3, 0.4) is 0 Å². The van der Waals surface area contributed by atoms with Crippen molar-refractivity contribution < 1.29 is 4.79 Å². The number of hydrogen-bond acceptors (Lipinski definition) is 3. The summed E-state index contributed by atoms with van der Waals surface area (Å²) in [5.74, 6) is 0.266. The number of carbonyl (C=O) groups excluding carboxylic acids is 1. The molecular weight excluding hydrogens is 228 g/mol. The lowest BCUT2D eigenvalue weighted by Gasteiger charge is -2.14. The summed E-state index contributed by atoms with van der Waals surface area (Å²) < 4.78 is 1.67. The summed E-state index contributed by atoms with van der Waals surface area (Å²) in [7, 11) is 0. The molecule has 1 aliphatic heterocycles. The molecule has 2 rings (SSSR count). The quantitative estimate of drug-likeness (QED) is 0.767. The first-order valence-corrected chi connectivity index (χ1v) is 6.43. The van der Waals surface area contributed by atoms with E-state index in [1.807, 2.05) is 11.1 Å². The molecule has 0 aromatic carbocycles. The van der Waals surface area contributed by atoms with Crippen molar-refractivity contribution >= 4 is 12.1 Å². The SMILES string of the molecule is C=Cn1cc(CNCCC(=O)N2CCCC2)cn1. The van der Waals surface area contributed by atoms with Gasteiger partial charge in [-0.15, -0.1) is 0 Å². The molecule has 0 radical (unpaired) electrons. The van der Waals surface area contributed by atoms with E-state index in [1.54, 1.807) is 17.1 Å². The molecular formula is C13H20N4O. The predicted octanol–water partition coefficient (Wildman–Crippen LogP) is 1.09. The van der Waals surface area contributed by atoms with E-state index in [1.165, 1.54) is 0 Å². The van der Waals surface area contributed by atoms with Gasteiger partial charge in [-0.25, -0.2) is 4.68 Å². The molecule has 1 fully saturated rings.